The second-order valence-electron chi connectivity index (χ2n) is 5.41. The predicted octanol–water partition coefficient (Wildman–Crippen LogP) is 0.847. The molecule has 0 fully saturated rings. The number of carbonyl (C=O) groups excluding carboxylic acids is 1. The van der Waals surface area contributed by atoms with Gasteiger partial charge >= 0.3 is 6.03 Å². The Kier molecular flexibility index (Phi) is 4.22. The summed E-state index contributed by atoms with van der Waals surface area (Å²) >= 11 is 0. The first-order valence-electron chi connectivity index (χ1n) is 7.38. The Morgan fingerprint density at radius 2 is 2.22 bits per heavy atom. The van der Waals surface area contributed by atoms with Gasteiger partial charge in [0.15, 0.2) is 11.5 Å². The summed E-state index contributed by atoms with van der Waals surface area (Å²) in [5.41, 5.74) is 1.73. The lowest BCUT2D eigenvalue weighted by Crippen LogP contribution is -2.38. The zero-order valence-corrected chi connectivity index (χ0v) is 13.2. The van der Waals surface area contributed by atoms with Crippen LogP contribution in [0.4, 0.5) is 4.79 Å². The van der Waals surface area contributed by atoms with E-state index in [9.17, 15) is 4.79 Å². The fraction of sp³-hybridized carbons (Fsp3) is 0.333. The normalized spacial score (nSPS) is 10.9. The summed E-state index contributed by atoms with van der Waals surface area (Å²) in [6.45, 7) is 0.932. The average Bonchev–Trinajstić information content (AvgIpc) is 3.14. The van der Waals surface area contributed by atoms with Crippen molar-refractivity contribution < 1.29 is 4.79 Å². The van der Waals surface area contributed by atoms with Crippen LogP contribution in [0.2, 0.25) is 0 Å². The molecule has 3 aromatic heterocycles. The summed E-state index contributed by atoms with van der Waals surface area (Å²) in [5, 5.41) is 11.1. The number of urea groups is 1. The van der Waals surface area contributed by atoms with Gasteiger partial charge in [0.2, 0.25) is 0 Å². The standard InChI is InChI=1S/C15H19N7O/c1-20-9-12(17-11-20)6-7-16-15(23)21(2)10-14-19-18-13-5-3-4-8-22(13)14/h3-5,8-9,11H,6-7,10H2,1-2H3,(H,16,23). The highest BCUT2D eigenvalue weighted by Crippen LogP contribution is 2.05. The van der Waals surface area contributed by atoms with Crippen LogP contribution in [0.25, 0.3) is 5.65 Å². The number of imidazole rings is 1. The molecule has 120 valence electrons. The van der Waals surface area contributed by atoms with Gasteiger partial charge in [-0.05, 0) is 12.1 Å². The zero-order chi connectivity index (χ0) is 16.2. The van der Waals surface area contributed by atoms with Crippen molar-refractivity contribution in [2.75, 3.05) is 13.6 Å². The quantitative estimate of drug-likeness (QED) is 0.757. The van der Waals surface area contributed by atoms with Crippen LogP contribution in [0.5, 0.6) is 0 Å². The molecule has 0 aliphatic rings. The third-order valence-corrected chi connectivity index (χ3v) is 3.53. The van der Waals surface area contributed by atoms with Crippen LogP contribution in [0, 0.1) is 0 Å². The Hall–Kier alpha value is -2.90. The maximum absolute atomic E-state index is 12.1. The lowest BCUT2D eigenvalue weighted by Gasteiger charge is -2.16. The molecule has 0 saturated carbocycles. The van der Waals surface area contributed by atoms with Crippen LogP contribution in [0.1, 0.15) is 11.5 Å². The molecule has 0 spiro atoms. The number of pyridine rings is 1. The van der Waals surface area contributed by atoms with Gasteiger partial charge in [-0.1, -0.05) is 6.07 Å². The summed E-state index contributed by atoms with van der Waals surface area (Å²) < 4.78 is 3.76. The Labute approximate surface area is 133 Å². The summed E-state index contributed by atoms with van der Waals surface area (Å²) in [5.74, 6) is 0.725. The summed E-state index contributed by atoms with van der Waals surface area (Å²) in [6, 6.07) is 5.55. The number of aromatic nitrogens is 5. The number of hydrogen-bond donors (Lipinski definition) is 1. The molecule has 0 unspecified atom stereocenters. The maximum Gasteiger partial charge on any atom is 0.317 e. The molecule has 0 aliphatic heterocycles. The van der Waals surface area contributed by atoms with E-state index in [0.29, 0.717) is 19.5 Å². The molecule has 2 amide bonds. The van der Waals surface area contributed by atoms with E-state index in [-0.39, 0.29) is 6.03 Å². The lowest BCUT2D eigenvalue weighted by molar-refractivity contribution is 0.206. The van der Waals surface area contributed by atoms with Crippen LogP contribution in [-0.2, 0) is 20.0 Å². The first-order valence-corrected chi connectivity index (χ1v) is 7.38. The Morgan fingerprint density at radius 1 is 1.35 bits per heavy atom. The van der Waals surface area contributed by atoms with Gasteiger partial charge < -0.3 is 14.8 Å². The van der Waals surface area contributed by atoms with E-state index in [1.54, 1.807) is 18.3 Å². The number of fused-ring (bicyclic) bond motifs is 1. The second kappa shape index (κ2) is 6.47. The predicted molar refractivity (Wildman–Crippen MR) is 84.8 cm³/mol. The van der Waals surface area contributed by atoms with Gasteiger partial charge in [-0.3, -0.25) is 4.40 Å². The molecule has 0 saturated heterocycles. The van der Waals surface area contributed by atoms with Crippen LogP contribution in [-0.4, -0.2) is 48.7 Å². The molecule has 0 atom stereocenters. The number of hydrogen-bond acceptors (Lipinski definition) is 4. The molecule has 8 nitrogen and oxygen atoms in total. The molecule has 8 heteroatoms. The van der Waals surface area contributed by atoms with E-state index < -0.39 is 0 Å². The van der Waals surface area contributed by atoms with E-state index in [0.717, 1.165) is 17.2 Å². The molecule has 23 heavy (non-hydrogen) atoms. The minimum absolute atomic E-state index is 0.145. The number of aryl methyl sites for hydroxylation is 1. The molecule has 3 rings (SSSR count). The molecule has 0 aliphatic carbocycles. The van der Waals surface area contributed by atoms with Gasteiger partial charge in [-0.15, -0.1) is 10.2 Å². The van der Waals surface area contributed by atoms with Crippen LogP contribution >= 0.6 is 0 Å². The number of nitrogens with one attached hydrogen (secondary N) is 1. The number of nitrogens with zero attached hydrogens (tertiary/aromatic N) is 6. The first kappa shape index (κ1) is 15.0. The van der Waals surface area contributed by atoms with Gasteiger partial charge in [0.1, 0.15) is 0 Å². The Balaban J connectivity index is 1.53. The molecule has 0 radical (unpaired) electrons. The van der Waals surface area contributed by atoms with Crippen molar-refractivity contribution in [2.24, 2.45) is 7.05 Å². The molecule has 1 N–H and O–H groups in total. The van der Waals surface area contributed by atoms with Gasteiger partial charge in [-0.25, -0.2) is 9.78 Å². The Bertz CT molecular complexity index is 807. The second-order valence-corrected chi connectivity index (χ2v) is 5.41. The Morgan fingerprint density at radius 3 is 3.00 bits per heavy atom. The minimum atomic E-state index is -0.145. The van der Waals surface area contributed by atoms with Crippen molar-refractivity contribution in [1.82, 2.24) is 34.4 Å². The van der Waals surface area contributed by atoms with Gasteiger partial charge in [0, 0.05) is 39.5 Å². The monoisotopic (exact) mass is 313 g/mol. The van der Waals surface area contributed by atoms with Gasteiger partial charge in [-0.2, -0.15) is 0 Å². The van der Waals surface area contributed by atoms with Crippen molar-refractivity contribution in [3.63, 3.8) is 0 Å². The van der Waals surface area contributed by atoms with Crippen molar-refractivity contribution in [3.8, 4) is 0 Å². The third kappa shape index (κ3) is 3.47. The topological polar surface area (TPSA) is 80.4 Å². The molecule has 0 bridgehead atoms. The highest BCUT2D eigenvalue weighted by molar-refractivity contribution is 5.73. The summed E-state index contributed by atoms with van der Waals surface area (Å²) in [4.78, 5) is 17.9. The fourth-order valence-electron chi connectivity index (χ4n) is 2.31. The first-order chi connectivity index (χ1) is 11.1. The van der Waals surface area contributed by atoms with Crippen LogP contribution in [0.3, 0.4) is 0 Å². The number of carbonyl (C=O) groups is 1. The zero-order valence-electron chi connectivity index (χ0n) is 13.2. The number of amides is 2. The smallest absolute Gasteiger partial charge is 0.317 e. The highest BCUT2D eigenvalue weighted by atomic mass is 16.2. The van der Waals surface area contributed by atoms with Crippen LogP contribution < -0.4 is 5.32 Å². The van der Waals surface area contributed by atoms with Crippen molar-refractivity contribution in [1.29, 1.82) is 0 Å². The lowest BCUT2D eigenvalue weighted by atomic mass is 10.3. The van der Waals surface area contributed by atoms with Crippen molar-refractivity contribution >= 4 is 11.7 Å². The van der Waals surface area contributed by atoms with Gasteiger partial charge in [0.25, 0.3) is 0 Å². The van der Waals surface area contributed by atoms with E-state index in [2.05, 4.69) is 20.5 Å². The van der Waals surface area contributed by atoms with Crippen molar-refractivity contribution in [3.05, 3.63) is 48.4 Å². The van der Waals surface area contributed by atoms with Crippen LogP contribution in [0.15, 0.2) is 36.9 Å². The number of rotatable bonds is 5. The minimum Gasteiger partial charge on any atom is -0.340 e. The molecule has 3 aromatic rings. The average molecular weight is 313 g/mol. The van der Waals surface area contributed by atoms with Crippen molar-refractivity contribution in [2.45, 2.75) is 13.0 Å². The highest BCUT2D eigenvalue weighted by Gasteiger charge is 2.12. The SMILES string of the molecule is CN(Cc1nnc2ccccn12)C(=O)NCCc1cn(C)cn1. The molecule has 3 heterocycles. The molecule has 0 aromatic carbocycles. The maximum atomic E-state index is 12.1. The summed E-state index contributed by atoms with van der Waals surface area (Å²) in [6.07, 6.45) is 6.28. The molecular formula is C15H19N7O. The third-order valence-electron chi connectivity index (χ3n) is 3.53. The van der Waals surface area contributed by atoms with E-state index in [1.165, 1.54) is 0 Å². The van der Waals surface area contributed by atoms with E-state index in [1.807, 2.05) is 46.6 Å². The van der Waals surface area contributed by atoms with Gasteiger partial charge in [0.05, 0.1) is 18.6 Å². The van der Waals surface area contributed by atoms with E-state index >= 15 is 0 Å². The van der Waals surface area contributed by atoms with E-state index in [4.69, 9.17) is 0 Å². The summed E-state index contributed by atoms with van der Waals surface area (Å²) in [7, 11) is 3.66. The fourth-order valence-corrected chi connectivity index (χ4v) is 2.31. The molecular weight excluding hydrogens is 294 g/mol. The largest absolute Gasteiger partial charge is 0.340 e.